The number of ether oxygens (including phenoxy) is 1. The van der Waals surface area contributed by atoms with Crippen LogP contribution in [-0.4, -0.2) is 49.6 Å². The Balaban J connectivity index is 1.88. The molecule has 17 heteroatoms. The van der Waals surface area contributed by atoms with Crippen molar-refractivity contribution in [1.82, 2.24) is 5.16 Å². The molecule has 0 spiro atoms. The van der Waals surface area contributed by atoms with Crippen LogP contribution in [0, 0.1) is 10.1 Å². The van der Waals surface area contributed by atoms with E-state index in [-0.39, 0.29) is 27.5 Å². The second-order valence-electron chi connectivity index (χ2n) is 7.74. The Morgan fingerprint density at radius 2 is 1.50 bits per heavy atom. The van der Waals surface area contributed by atoms with E-state index in [1.165, 1.54) is 12.1 Å². The van der Waals surface area contributed by atoms with Gasteiger partial charge in [-0.05, 0) is 17.7 Å². The fourth-order valence-electron chi connectivity index (χ4n) is 3.18. The third-order valence-electron chi connectivity index (χ3n) is 5.07. The minimum absolute atomic E-state index is 0.108. The lowest BCUT2D eigenvalue weighted by atomic mass is 9.99. The summed E-state index contributed by atoms with van der Waals surface area (Å²) in [6.07, 6.45) is 0. The lowest BCUT2D eigenvalue weighted by Gasteiger charge is -2.31. The van der Waals surface area contributed by atoms with E-state index in [9.17, 15) is 44.9 Å². The molecule has 0 unspecified atom stereocenters. The first-order valence-corrected chi connectivity index (χ1v) is 11.8. The van der Waals surface area contributed by atoms with Crippen LogP contribution in [0.4, 0.5) is 26.3 Å². The molecule has 0 aliphatic rings. The van der Waals surface area contributed by atoms with E-state index in [0.29, 0.717) is 5.56 Å². The van der Waals surface area contributed by atoms with E-state index < -0.39 is 52.7 Å². The summed E-state index contributed by atoms with van der Waals surface area (Å²) >= 11 is 0. The van der Waals surface area contributed by atoms with E-state index in [1.54, 1.807) is 30.3 Å². The zero-order valence-corrected chi connectivity index (χ0v) is 19.6. The molecule has 2 N–H and O–H groups in total. The summed E-state index contributed by atoms with van der Waals surface area (Å²) in [6, 6.07) is 13.0. The van der Waals surface area contributed by atoms with Gasteiger partial charge in [-0.25, -0.2) is 13.6 Å². The molecule has 0 fully saturated rings. The van der Waals surface area contributed by atoms with Crippen molar-refractivity contribution in [3.63, 3.8) is 0 Å². The molecule has 1 aromatic heterocycles. The molecule has 0 radical (unpaired) electrons. The first-order valence-electron chi connectivity index (χ1n) is 10.2. The van der Waals surface area contributed by atoms with Crippen molar-refractivity contribution >= 4 is 10.0 Å². The average Bonchev–Trinajstić information content (AvgIpc) is 3.26. The largest absolute Gasteiger partial charge is 0.376 e. The van der Waals surface area contributed by atoms with Crippen molar-refractivity contribution in [3.8, 4) is 22.4 Å². The summed E-state index contributed by atoms with van der Waals surface area (Å²) in [7, 11) is -4.05. The molecule has 10 nitrogen and oxygen atoms in total. The Bertz CT molecular complexity index is 1380. The molecule has 0 saturated carbocycles. The monoisotopic (exact) mass is 569 g/mol. The predicted molar refractivity (Wildman–Crippen MR) is 116 cm³/mol. The standard InChI is InChI=1S/C21H17F6N3O7S/c22-19(23,21(26,27)20(24,25)12-36-30(31)32)11-35-10-16-17(13-6-8-15(9-7-13)38(28,33)34)18(29-37-16)14-4-2-1-3-5-14/h1-9H,10-12H2,(H2,28,33,34). The Hall–Kier alpha value is -3.70. The maximum absolute atomic E-state index is 14.1. The molecule has 3 aromatic rings. The van der Waals surface area contributed by atoms with Gasteiger partial charge in [0.25, 0.3) is 5.09 Å². The van der Waals surface area contributed by atoms with Gasteiger partial charge >= 0.3 is 17.8 Å². The molecule has 1 heterocycles. The average molecular weight is 569 g/mol. The summed E-state index contributed by atoms with van der Waals surface area (Å²) in [5.41, 5.74) is 0.969. The van der Waals surface area contributed by atoms with Crippen LogP contribution in [0.1, 0.15) is 5.76 Å². The highest BCUT2D eigenvalue weighted by atomic mass is 32.2. The van der Waals surface area contributed by atoms with Crippen molar-refractivity contribution < 1.29 is 53.9 Å². The van der Waals surface area contributed by atoms with Crippen molar-refractivity contribution in [2.75, 3.05) is 13.2 Å². The van der Waals surface area contributed by atoms with E-state index >= 15 is 0 Å². The Morgan fingerprint density at radius 1 is 0.921 bits per heavy atom. The van der Waals surface area contributed by atoms with Crippen LogP contribution in [0.2, 0.25) is 0 Å². The van der Waals surface area contributed by atoms with E-state index in [0.717, 1.165) is 12.1 Å². The minimum Gasteiger partial charge on any atom is -0.367 e. The number of alkyl halides is 6. The SMILES string of the molecule is NS(=O)(=O)c1ccc(-c2c(-c3ccccc3)noc2COCC(F)(F)C(F)(F)C(F)(F)CO[N+](=O)[O-])cc1. The number of aromatic nitrogens is 1. The molecule has 206 valence electrons. The van der Waals surface area contributed by atoms with Gasteiger partial charge in [0.2, 0.25) is 10.0 Å². The van der Waals surface area contributed by atoms with Gasteiger partial charge in [-0.3, -0.25) is 0 Å². The number of hydrogen-bond acceptors (Lipinski definition) is 8. The van der Waals surface area contributed by atoms with Crippen LogP contribution in [0.25, 0.3) is 22.4 Å². The fraction of sp³-hybridized carbons (Fsp3) is 0.286. The van der Waals surface area contributed by atoms with Crippen molar-refractivity contribution in [1.29, 1.82) is 0 Å². The number of benzene rings is 2. The number of rotatable bonds is 12. The highest BCUT2D eigenvalue weighted by Crippen LogP contribution is 2.46. The number of sulfonamides is 1. The summed E-state index contributed by atoms with van der Waals surface area (Å²) in [5.74, 6) is -17.5. The molecule has 0 bridgehead atoms. The number of primary sulfonamides is 1. The zero-order chi connectivity index (χ0) is 28.4. The summed E-state index contributed by atoms with van der Waals surface area (Å²) in [5, 5.41) is 17.1. The molecule has 0 aliphatic heterocycles. The molecule has 3 rings (SSSR count). The van der Waals surface area contributed by atoms with Gasteiger partial charge in [-0.1, -0.05) is 47.6 Å². The third-order valence-corrected chi connectivity index (χ3v) is 6.00. The molecule has 0 saturated heterocycles. The molecular formula is C21H17F6N3O7S. The van der Waals surface area contributed by atoms with Crippen LogP contribution >= 0.6 is 0 Å². The second-order valence-corrected chi connectivity index (χ2v) is 9.30. The third kappa shape index (κ3) is 6.05. The minimum atomic E-state index is -6.08. The molecule has 2 aromatic carbocycles. The topological polar surface area (TPSA) is 148 Å². The second kappa shape index (κ2) is 10.6. The van der Waals surface area contributed by atoms with Crippen LogP contribution in [-0.2, 0) is 26.2 Å². The lowest BCUT2D eigenvalue weighted by Crippen LogP contribution is -2.58. The van der Waals surface area contributed by atoms with Gasteiger partial charge in [0, 0.05) is 5.56 Å². The van der Waals surface area contributed by atoms with Crippen molar-refractivity contribution in [2.24, 2.45) is 5.14 Å². The lowest BCUT2D eigenvalue weighted by molar-refractivity contribution is -0.763. The predicted octanol–water partition coefficient (Wildman–Crippen LogP) is 4.29. The van der Waals surface area contributed by atoms with Gasteiger partial charge in [0.05, 0.1) is 10.5 Å². The number of hydrogen-bond donors (Lipinski definition) is 1. The van der Waals surface area contributed by atoms with Crippen LogP contribution in [0.5, 0.6) is 0 Å². The van der Waals surface area contributed by atoms with Gasteiger partial charge in [0.1, 0.15) is 18.9 Å². The quantitative estimate of drug-likeness (QED) is 0.193. The summed E-state index contributed by atoms with van der Waals surface area (Å²) in [6.45, 7) is -5.79. The molecule has 0 aliphatic carbocycles. The first kappa shape index (κ1) is 28.9. The molecule has 0 amide bonds. The van der Waals surface area contributed by atoms with Crippen LogP contribution in [0.3, 0.4) is 0 Å². The summed E-state index contributed by atoms with van der Waals surface area (Å²) < 4.78 is 116. The Morgan fingerprint density at radius 3 is 2.05 bits per heavy atom. The normalized spacial score (nSPS) is 12.9. The van der Waals surface area contributed by atoms with Gasteiger partial charge in [-0.15, -0.1) is 10.1 Å². The number of nitrogens with two attached hydrogens (primary N) is 1. The van der Waals surface area contributed by atoms with E-state index in [1.807, 2.05) is 0 Å². The highest BCUT2D eigenvalue weighted by Gasteiger charge is 2.71. The smallest absolute Gasteiger partial charge is 0.367 e. The van der Waals surface area contributed by atoms with Crippen LogP contribution < -0.4 is 5.14 Å². The van der Waals surface area contributed by atoms with Crippen LogP contribution in [0.15, 0.2) is 64.0 Å². The van der Waals surface area contributed by atoms with E-state index in [2.05, 4.69) is 14.7 Å². The molecule has 38 heavy (non-hydrogen) atoms. The van der Waals surface area contributed by atoms with Gasteiger partial charge < -0.3 is 14.1 Å². The highest BCUT2D eigenvalue weighted by molar-refractivity contribution is 7.89. The Kier molecular flexibility index (Phi) is 8.04. The molecular weight excluding hydrogens is 552 g/mol. The molecule has 0 atom stereocenters. The first-order chi connectivity index (χ1) is 17.6. The van der Waals surface area contributed by atoms with Gasteiger partial charge in [-0.2, -0.15) is 26.3 Å². The van der Waals surface area contributed by atoms with E-state index in [4.69, 9.17) is 9.66 Å². The van der Waals surface area contributed by atoms with Crippen molar-refractivity contribution in [2.45, 2.75) is 29.3 Å². The number of nitrogens with zero attached hydrogens (tertiary/aromatic N) is 2. The summed E-state index contributed by atoms with van der Waals surface area (Å²) in [4.78, 5) is 12.9. The van der Waals surface area contributed by atoms with Gasteiger partial charge in [0.15, 0.2) is 12.4 Å². The fourth-order valence-corrected chi connectivity index (χ4v) is 3.69. The number of halogens is 6. The zero-order valence-electron chi connectivity index (χ0n) is 18.8. The Labute approximate surface area is 210 Å². The maximum Gasteiger partial charge on any atom is 0.376 e. The van der Waals surface area contributed by atoms with Crippen molar-refractivity contribution in [3.05, 3.63) is 70.5 Å². The maximum atomic E-state index is 14.1.